The molecule has 0 saturated heterocycles. The molecule has 2 amide bonds. The predicted octanol–water partition coefficient (Wildman–Crippen LogP) is 4.83. The molecule has 3 N–H and O–H groups in total. The van der Waals surface area contributed by atoms with E-state index in [1.807, 2.05) is 0 Å². The summed E-state index contributed by atoms with van der Waals surface area (Å²) in [7, 11) is 1.40. The van der Waals surface area contributed by atoms with E-state index in [1.54, 1.807) is 54.2 Å². The van der Waals surface area contributed by atoms with Crippen molar-refractivity contribution < 1.29 is 24.2 Å². The number of pyridine rings is 1. The molecular weight excluding hydrogens is 420 g/mol. The Morgan fingerprint density at radius 1 is 1.00 bits per heavy atom. The molecule has 0 bridgehead atoms. The van der Waals surface area contributed by atoms with Gasteiger partial charge in [0.2, 0.25) is 0 Å². The second kappa shape index (κ2) is 8.67. The molecule has 4 aromatic rings. The second-order valence-electron chi connectivity index (χ2n) is 6.23. The smallest absolute Gasteiger partial charge is 0.339 e. The number of hydrogen-bond donors (Lipinski definition) is 3. The molecule has 10 heteroatoms. The van der Waals surface area contributed by atoms with Crippen LogP contribution in [0.1, 0.15) is 10.4 Å². The van der Waals surface area contributed by atoms with Gasteiger partial charge in [-0.1, -0.05) is 0 Å². The van der Waals surface area contributed by atoms with Gasteiger partial charge in [0.25, 0.3) is 0 Å². The van der Waals surface area contributed by atoms with Gasteiger partial charge in [0.1, 0.15) is 22.8 Å². The van der Waals surface area contributed by atoms with Gasteiger partial charge in [-0.3, -0.25) is 10.3 Å². The van der Waals surface area contributed by atoms with E-state index >= 15 is 0 Å². The number of carbonyl (C=O) groups is 2. The molecule has 156 valence electrons. The average Bonchev–Trinajstić information content (AvgIpc) is 3.27. The number of ether oxygens (including phenoxy) is 2. The number of methoxy groups -OCH3 is 1. The summed E-state index contributed by atoms with van der Waals surface area (Å²) >= 11 is 1.32. The normalized spacial score (nSPS) is 10.5. The van der Waals surface area contributed by atoms with Crippen LogP contribution in [-0.4, -0.2) is 34.2 Å². The third-order valence-electron chi connectivity index (χ3n) is 4.25. The van der Waals surface area contributed by atoms with E-state index in [1.165, 1.54) is 24.5 Å². The quantitative estimate of drug-likeness (QED) is 0.395. The third-order valence-corrected chi connectivity index (χ3v) is 4.93. The van der Waals surface area contributed by atoms with Gasteiger partial charge in [0.05, 0.1) is 12.6 Å². The van der Waals surface area contributed by atoms with Crippen molar-refractivity contribution in [2.75, 3.05) is 17.7 Å². The van der Waals surface area contributed by atoms with Crippen molar-refractivity contribution in [2.24, 2.45) is 0 Å². The molecule has 0 fully saturated rings. The van der Waals surface area contributed by atoms with Crippen LogP contribution in [0.5, 0.6) is 17.2 Å². The largest absolute Gasteiger partial charge is 0.496 e. The molecule has 4 rings (SSSR count). The van der Waals surface area contributed by atoms with Crippen LogP contribution in [0.3, 0.4) is 0 Å². The van der Waals surface area contributed by atoms with Gasteiger partial charge in [-0.05, 0) is 36.4 Å². The molecule has 2 aromatic carbocycles. The zero-order valence-corrected chi connectivity index (χ0v) is 17.0. The van der Waals surface area contributed by atoms with Crippen molar-refractivity contribution in [1.82, 2.24) is 9.97 Å². The lowest BCUT2D eigenvalue weighted by Crippen LogP contribution is -2.19. The molecule has 0 aliphatic heterocycles. The van der Waals surface area contributed by atoms with Crippen molar-refractivity contribution >= 4 is 45.1 Å². The van der Waals surface area contributed by atoms with Gasteiger partial charge < -0.3 is 19.9 Å². The predicted molar refractivity (Wildman–Crippen MR) is 117 cm³/mol. The van der Waals surface area contributed by atoms with Crippen LogP contribution in [0.25, 0.3) is 10.9 Å². The Morgan fingerprint density at radius 3 is 2.48 bits per heavy atom. The number of nitrogens with zero attached hydrogens (tertiary/aromatic N) is 2. The number of aromatic carboxylic acids is 1. The lowest BCUT2D eigenvalue weighted by Gasteiger charge is -2.12. The number of thiazole rings is 1. The van der Waals surface area contributed by atoms with Crippen molar-refractivity contribution in [1.29, 1.82) is 0 Å². The number of aromatic nitrogens is 2. The van der Waals surface area contributed by atoms with E-state index < -0.39 is 12.0 Å². The Balaban J connectivity index is 1.53. The number of amides is 2. The topological polar surface area (TPSA) is 123 Å². The van der Waals surface area contributed by atoms with Crippen molar-refractivity contribution in [3.05, 3.63) is 65.8 Å². The SMILES string of the molecule is COc1cc2nccc(Oc3ccc(NC(=O)Nc4nccs4)cc3)c2cc1C(=O)O. The molecule has 9 nitrogen and oxygen atoms in total. The van der Waals surface area contributed by atoms with Crippen molar-refractivity contribution in [3.8, 4) is 17.2 Å². The van der Waals surface area contributed by atoms with Gasteiger partial charge in [-0.25, -0.2) is 14.6 Å². The summed E-state index contributed by atoms with van der Waals surface area (Å²) in [6, 6.07) is 11.0. The molecule has 0 saturated carbocycles. The fourth-order valence-electron chi connectivity index (χ4n) is 2.85. The number of benzene rings is 2. The molecular formula is C21H16N4O5S. The van der Waals surface area contributed by atoms with Crippen molar-refractivity contribution in [2.45, 2.75) is 0 Å². The number of hydrogen-bond acceptors (Lipinski definition) is 7. The van der Waals surface area contributed by atoms with E-state index in [9.17, 15) is 14.7 Å². The molecule has 0 atom stereocenters. The number of carboxylic acids is 1. The second-order valence-corrected chi connectivity index (χ2v) is 7.12. The summed E-state index contributed by atoms with van der Waals surface area (Å²) in [4.78, 5) is 31.8. The fourth-order valence-corrected chi connectivity index (χ4v) is 3.38. The van der Waals surface area contributed by atoms with E-state index in [-0.39, 0.29) is 11.3 Å². The first-order valence-corrected chi connectivity index (χ1v) is 9.87. The first-order chi connectivity index (χ1) is 15.0. The summed E-state index contributed by atoms with van der Waals surface area (Å²) in [6.07, 6.45) is 3.17. The monoisotopic (exact) mass is 436 g/mol. The maximum atomic E-state index is 12.0. The van der Waals surface area contributed by atoms with Gasteiger partial charge >= 0.3 is 12.0 Å². The Kier molecular flexibility index (Phi) is 5.63. The number of fused-ring (bicyclic) bond motifs is 1. The summed E-state index contributed by atoms with van der Waals surface area (Å²) in [5, 5.41) is 17.6. The van der Waals surface area contributed by atoms with Crippen LogP contribution in [-0.2, 0) is 0 Å². The summed E-state index contributed by atoms with van der Waals surface area (Å²) < 4.78 is 11.1. The maximum absolute atomic E-state index is 12.0. The van der Waals surface area contributed by atoms with Gasteiger partial charge in [-0.2, -0.15) is 0 Å². The molecule has 2 aromatic heterocycles. The lowest BCUT2D eigenvalue weighted by atomic mass is 10.1. The highest BCUT2D eigenvalue weighted by molar-refractivity contribution is 7.13. The minimum Gasteiger partial charge on any atom is -0.496 e. The van der Waals surface area contributed by atoms with Gasteiger partial charge in [0.15, 0.2) is 5.13 Å². The molecule has 31 heavy (non-hydrogen) atoms. The van der Waals surface area contributed by atoms with Crippen LogP contribution < -0.4 is 20.1 Å². The Hall–Kier alpha value is -4.18. The number of nitrogens with one attached hydrogen (secondary N) is 2. The number of urea groups is 1. The Labute approximate surface area is 180 Å². The summed E-state index contributed by atoms with van der Waals surface area (Å²) in [5.74, 6) is 0.0551. The fraction of sp³-hybridized carbons (Fsp3) is 0.0476. The molecule has 0 radical (unpaired) electrons. The first kappa shape index (κ1) is 20.1. The van der Waals surface area contributed by atoms with E-state index in [0.717, 1.165) is 0 Å². The summed E-state index contributed by atoms with van der Waals surface area (Å²) in [6.45, 7) is 0. The zero-order valence-electron chi connectivity index (χ0n) is 16.2. The molecule has 0 unspecified atom stereocenters. The first-order valence-electron chi connectivity index (χ1n) is 8.99. The highest BCUT2D eigenvalue weighted by atomic mass is 32.1. The Morgan fingerprint density at radius 2 is 1.81 bits per heavy atom. The van der Waals surface area contributed by atoms with Crippen LogP contribution in [0.15, 0.2) is 60.2 Å². The average molecular weight is 436 g/mol. The highest BCUT2D eigenvalue weighted by Gasteiger charge is 2.15. The van der Waals surface area contributed by atoms with Crippen LogP contribution in [0.2, 0.25) is 0 Å². The number of carboxylic acid groups (broad SMARTS) is 1. The third kappa shape index (κ3) is 4.54. The van der Waals surface area contributed by atoms with Gasteiger partial charge in [0, 0.05) is 34.9 Å². The standard InChI is InChI=1S/C21H16N4O5S/c1-29-18-11-16-14(10-15(18)19(26)27)17(6-7-22-16)30-13-4-2-12(3-5-13)24-20(28)25-21-23-8-9-31-21/h2-11H,1H3,(H,26,27)(H2,23,24,25,28). The minimum atomic E-state index is -1.11. The van der Waals surface area contributed by atoms with E-state index in [0.29, 0.717) is 33.2 Å². The molecule has 0 spiro atoms. The molecule has 0 aliphatic rings. The highest BCUT2D eigenvalue weighted by Crippen LogP contribution is 2.33. The van der Waals surface area contributed by atoms with E-state index in [4.69, 9.17) is 9.47 Å². The Bertz CT molecular complexity index is 1240. The molecule has 0 aliphatic carbocycles. The number of rotatable bonds is 6. The van der Waals surface area contributed by atoms with Crippen LogP contribution >= 0.6 is 11.3 Å². The minimum absolute atomic E-state index is 0.0126. The van der Waals surface area contributed by atoms with Crippen LogP contribution in [0.4, 0.5) is 15.6 Å². The number of anilines is 2. The zero-order chi connectivity index (χ0) is 21.8. The van der Waals surface area contributed by atoms with E-state index in [2.05, 4.69) is 20.6 Å². The number of carbonyl (C=O) groups excluding carboxylic acids is 1. The maximum Gasteiger partial charge on any atom is 0.339 e. The van der Waals surface area contributed by atoms with Crippen LogP contribution in [0, 0.1) is 0 Å². The molecule has 2 heterocycles. The summed E-state index contributed by atoms with van der Waals surface area (Å²) in [5.41, 5.74) is 1.12. The van der Waals surface area contributed by atoms with Gasteiger partial charge in [-0.15, -0.1) is 11.3 Å². The lowest BCUT2D eigenvalue weighted by molar-refractivity contribution is 0.0693. The van der Waals surface area contributed by atoms with Crippen molar-refractivity contribution in [3.63, 3.8) is 0 Å².